The Kier molecular flexibility index (Phi) is 5.25. The maximum absolute atomic E-state index is 12.4. The molecule has 0 aliphatic carbocycles. The number of hydrogen-bond acceptors (Lipinski definition) is 4. The topological polar surface area (TPSA) is 68.3 Å². The molecule has 0 aromatic carbocycles. The van der Waals surface area contributed by atoms with Gasteiger partial charge < -0.3 is 0 Å². The quantitative estimate of drug-likeness (QED) is 0.684. The van der Waals surface area contributed by atoms with Crippen LogP contribution in [0.1, 0.15) is 0 Å². The van der Waals surface area contributed by atoms with Crippen LogP contribution in [0.25, 0.3) is 0 Å². The third kappa shape index (κ3) is 4.33. The highest BCUT2D eigenvalue weighted by molar-refractivity contribution is 8.08. The van der Waals surface area contributed by atoms with E-state index < -0.39 is 48.6 Å². The Balaban J connectivity index is 5.10. The van der Waals surface area contributed by atoms with E-state index in [1.807, 2.05) is 0 Å². The molecule has 0 saturated carbocycles. The van der Waals surface area contributed by atoms with Crippen LogP contribution in [0.4, 0.5) is 26.3 Å². The number of rotatable bonds is 6. The summed E-state index contributed by atoms with van der Waals surface area (Å²) in [6.07, 6.45) is -8.11. The number of sulfone groups is 2. The molecule has 12 heteroatoms. The first-order valence-corrected chi connectivity index (χ1v) is 7.12. The van der Waals surface area contributed by atoms with Crippen molar-refractivity contribution in [3.05, 3.63) is 0 Å². The van der Waals surface area contributed by atoms with Gasteiger partial charge in [-0.1, -0.05) is 0 Å². The third-order valence-electron chi connectivity index (χ3n) is 1.41. The lowest BCUT2D eigenvalue weighted by Crippen LogP contribution is -2.35. The molecular formula is C5H6F6O4S2. The van der Waals surface area contributed by atoms with Crippen molar-refractivity contribution < 1.29 is 43.2 Å². The molecule has 0 N–H and O–H groups in total. The van der Waals surface area contributed by atoms with Gasteiger partial charge in [-0.05, 0) is 0 Å². The van der Waals surface area contributed by atoms with Crippen molar-refractivity contribution in [1.29, 1.82) is 0 Å². The standard InChI is InChI=1S/C5H6F6O4S2/c6-2(7)4(10)16(12,13)1-17(14,15)5(11)3(8)9/h2-5H,1H2. The Morgan fingerprint density at radius 1 is 0.647 bits per heavy atom. The van der Waals surface area contributed by atoms with Crippen LogP contribution >= 0.6 is 0 Å². The fraction of sp³-hybridized carbons (Fsp3) is 1.00. The van der Waals surface area contributed by atoms with Crippen molar-refractivity contribution in [2.24, 2.45) is 0 Å². The molecule has 17 heavy (non-hydrogen) atoms. The van der Waals surface area contributed by atoms with Crippen molar-refractivity contribution in [3.63, 3.8) is 0 Å². The lowest BCUT2D eigenvalue weighted by Gasteiger charge is -2.11. The van der Waals surface area contributed by atoms with E-state index in [1.165, 1.54) is 0 Å². The Hall–Kier alpha value is -0.520. The van der Waals surface area contributed by atoms with E-state index in [0.717, 1.165) is 0 Å². The van der Waals surface area contributed by atoms with Crippen molar-refractivity contribution in [1.82, 2.24) is 0 Å². The zero-order chi connectivity index (χ0) is 14.0. The highest BCUT2D eigenvalue weighted by Gasteiger charge is 2.43. The van der Waals surface area contributed by atoms with E-state index in [0.29, 0.717) is 0 Å². The first kappa shape index (κ1) is 16.5. The first-order valence-electron chi connectivity index (χ1n) is 3.69. The summed E-state index contributed by atoms with van der Waals surface area (Å²) in [6.45, 7) is 0. The minimum atomic E-state index is -5.57. The number of alkyl halides is 6. The highest BCUT2D eigenvalue weighted by atomic mass is 32.3. The maximum atomic E-state index is 12.4. The fourth-order valence-electron chi connectivity index (χ4n) is 0.672. The van der Waals surface area contributed by atoms with Crippen LogP contribution in [-0.4, -0.2) is 45.8 Å². The van der Waals surface area contributed by atoms with Gasteiger partial charge in [0.25, 0.3) is 23.9 Å². The Labute approximate surface area is 92.4 Å². The van der Waals surface area contributed by atoms with E-state index in [9.17, 15) is 43.2 Å². The molecule has 0 aliphatic heterocycles. The van der Waals surface area contributed by atoms with Gasteiger partial charge in [-0.2, -0.15) is 0 Å². The van der Waals surface area contributed by atoms with E-state index in [-0.39, 0.29) is 0 Å². The van der Waals surface area contributed by atoms with E-state index in [2.05, 4.69) is 0 Å². The second-order valence-electron chi connectivity index (χ2n) is 2.81. The molecule has 0 bridgehead atoms. The molecule has 0 aliphatic rings. The molecule has 0 heterocycles. The molecule has 0 saturated heterocycles. The molecular weight excluding hydrogens is 302 g/mol. The minimum absolute atomic E-state index is 2.45. The van der Waals surface area contributed by atoms with Crippen molar-refractivity contribution in [2.45, 2.75) is 23.9 Å². The largest absolute Gasteiger partial charge is 0.283 e. The average molecular weight is 308 g/mol. The summed E-state index contributed by atoms with van der Waals surface area (Å²) in [5, 5.41) is -2.45. The molecule has 0 radical (unpaired) electrons. The average Bonchev–Trinajstić information content (AvgIpc) is 2.13. The molecule has 0 aromatic heterocycles. The van der Waals surface area contributed by atoms with Crippen molar-refractivity contribution in [2.75, 3.05) is 5.08 Å². The molecule has 0 amide bonds. The van der Waals surface area contributed by atoms with Crippen LogP contribution in [-0.2, 0) is 19.7 Å². The summed E-state index contributed by atoms with van der Waals surface area (Å²) in [7, 11) is -11.1. The highest BCUT2D eigenvalue weighted by Crippen LogP contribution is 2.20. The van der Waals surface area contributed by atoms with Gasteiger partial charge in [0.1, 0.15) is 0 Å². The smallest absolute Gasteiger partial charge is 0.225 e. The summed E-state index contributed by atoms with van der Waals surface area (Å²) >= 11 is 0. The lowest BCUT2D eigenvalue weighted by atomic mass is 10.8. The molecule has 2 unspecified atom stereocenters. The van der Waals surface area contributed by atoms with Gasteiger partial charge in [-0.15, -0.1) is 0 Å². The maximum Gasteiger partial charge on any atom is 0.283 e. The fourth-order valence-corrected chi connectivity index (χ4v) is 4.17. The molecule has 0 aromatic rings. The van der Waals surface area contributed by atoms with Crippen molar-refractivity contribution >= 4 is 19.7 Å². The Morgan fingerprint density at radius 3 is 1.06 bits per heavy atom. The van der Waals surface area contributed by atoms with Crippen LogP contribution in [0.5, 0.6) is 0 Å². The molecule has 0 spiro atoms. The van der Waals surface area contributed by atoms with Crippen LogP contribution in [0.15, 0.2) is 0 Å². The molecule has 0 rings (SSSR count). The molecule has 4 nitrogen and oxygen atoms in total. The van der Waals surface area contributed by atoms with Crippen LogP contribution < -0.4 is 0 Å². The number of halogens is 6. The Bertz CT molecular complexity index is 401. The predicted molar refractivity (Wildman–Crippen MR) is 44.5 cm³/mol. The van der Waals surface area contributed by atoms with E-state index >= 15 is 0 Å². The minimum Gasteiger partial charge on any atom is -0.225 e. The van der Waals surface area contributed by atoms with Gasteiger partial charge in [0.2, 0.25) is 19.7 Å². The predicted octanol–water partition coefficient (Wildman–Crippen LogP) is 0.895. The van der Waals surface area contributed by atoms with Gasteiger partial charge >= 0.3 is 0 Å². The van der Waals surface area contributed by atoms with Crippen LogP contribution in [0.2, 0.25) is 0 Å². The molecule has 104 valence electrons. The zero-order valence-electron chi connectivity index (χ0n) is 7.73. The molecule has 0 fully saturated rings. The summed E-state index contributed by atoms with van der Waals surface area (Å²) < 4.78 is 114. The van der Waals surface area contributed by atoms with Gasteiger partial charge in [0.05, 0.1) is 0 Å². The third-order valence-corrected chi connectivity index (χ3v) is 5.82. The second kappa shape index (κ2) is 5.42. The van der Waals surface area contributed by atoms with Crippen LogP contribution in [0, 0.1) is 0 Å². The van der Waals surface area contributed by atoms with Gasteiger partial charge in [-0.25, -0.2) is 43.2 Å². The SMILES string of the molecule is O=S(=O)(CS(=O)(=O)C(F)C(F)F)C(F)C(F)F. The van der Waals surface area contributed by atoms with Gasteiger partial charge in [0.15, 0.2) is 5.08 Å². The van der Waals surface area contributed by atoms with Crippen LogP contribution in [0.3, 0.4) is 0 Å². The summed E-state index contributed by atoms with van der Waals surface area (Å²) in [5.41, 5.74) is -7.75. The zero-order valence-corrected chi connectivity index (χ0v) is 9.37. The second-order valence-corrected chi connectivity index (χ2v) is 7.31. The normalized spacial score (nSPS) is 17.4. The number of hydrogen-bond donors (Lipinski definition) is 0. The summed E-state index contributed by atoms with van der Waals surface area (Å²) in [4.78, 5) is 0. The monoisotopic (exact) mass is 308 g/mol. The Morgan fingerprint density at radius 2 is 0.882 bits per heavy atom. The van der Waals surface area contributed by atoms with E-state index in [4.69, 9.17) is 0 Å². The summed E-state index contributed by atoms with van der Waals surface area (Å²) in [6, 6.07) is 0. The van der Waals surface area contributed by atoms with Gasteiger partial charge in [-0.3, -0.25) is 0 Å². The lowest BCUT2D eigenvalue weighted by molar-refractivity contribution is 0.0893. The van der Waals surface area contributed by atoms with Crippen molar-refractivity contribution in [3.8, 4) is 0 Å². The van der Waals surface area contributed by atoms with E-state index in [1.54, 1.807) is 0 Å². The molecule has 2 atom stereocenters. The first-order chi connectivity index (χ1) is 7.42. The summed E-state index contributed by atoms with van der Waals surface area (Å²) in [5.74, 6) is 0. The van der Waals surface area contributed by atoms with Gasteiger partial charge in [0, 0.05) is 0 Å².